The molecule has 0 bridgehead atoms. The fourth-order valence-electron chi connectivity index (χ4n) is 3.67. The number of nitrogens with zero attached hydrogens (tertiary/aromatic N) is 1. The molecule has 3 N–H and O–H groups in total. The van der Waals surface area contributed by atoms with Crippen molar-refractivity contribution in [2.45, 2.75) is 19.6 Å². The molecular formula is C25H22N4O5. The van der Waals surface area contributed by atoms with Gasteiger partial charge in [0.25, 0.3) is 11.6 Å². The van der Waals surface area contributed by atoms with Crippen molar-refractivity contribution in [1.82, 2.24) is 10.6 Å². The van der Waals surface area contributed by atoms with Gasteiger partial charge in [0.1, 0.15) is 12.4 Å². The van der Waals surface area contributed by atoms with E-state index in [2.05, 4.69) is 16.0 Å². The maximum atomic E-state index is 13.2. The second-order valence-corrected chi connectivity index (χ2v) is 7.68. The highest BCUT2D eigenvalue weighted by molar-refractivity contribution is 6.06. The Labute approximate surface area is 195 Å². The maximum absolute atomic E-state index is 13.2. The fourth-order valence-corrected chi connectivity index (χ4v) is 3.67. The molecule has 172 valence electrons. The SMILES string of the molecule is CC1=C(C(=O)Nc2cccc([N+](=O)[O-])c2)[C@H](c2cccc(OCc3ccccc3)c2)NC(=O)N1. The summed E-state index contributed by atoms with van der Waals surface area (Å²) < 4.78 is 5.90. The number of benzene rings is 3. The zero-order valence-electron chi connectivity index (χ0n) is 18.3. The quantitative estimate of drug-likeness (QED) is 0.357. The van der Waals surface area contributed by atoms with E-state index in [1.54, 1.807) is 37.3 Å². The van der Waals surface area contributed by atoms with E-state index in [-0.39, 0.29) is 16.9 Å². The van der Waals surface area contributed by atoms with Gasteiger partial charge >= 0.3 is 6.03 Å². The molecule has 1 atom stereocenters. The first-order chi connectivity index (χ1) is 16.4. The zero-order valence-corrected chi connectivity index (χ0v) is 18.3. The number of hydrogen-bond donors (Lipinski definition) is 3. The van der Waals surface area contributed by atoms with Gasteiger partial charge in [-0.15, -0.1) is 0 Å². The zero-order chi connectivity index (χ0) is 24.1. The Morgan fingerprint density at radius 2 is 1.82 bits per heavy atom. The highest BCUT2D eigenvalue weighted by atomic mass is 16.6. The highest BCUT2D eigenvalue weighted by Crippen LogP contribution is 2.30. The number of allylic oxidation sites excluding steroid dienone is 1. The van der Waals surface area contributed by atoms with Crippen LogP contribution in [0.15, 0.2) is 90.1 Å². The number of ether oxygens (including phenoxy) is 1. The third-order valence-corrected chi connectivity index (χ3v) is 5.27. The second kappa shape index (κ2) is 9.86. The third kappa shape index (κ3) is 5.21. The van der Waals surface area contributed by atoms with E-state index in [0.29, 0.717) is 23.6 Å². The van der Waals surface area contributed by atoms with Crippen LogP contribution in [0, 0.1) is 10.1 Å². The minimum absolute atomic E-state index is 0.140. The summed E-state index contributed by atoms with van der Waals surface area (Å²) in [7, 11) is 0. The number of non-ortho nitro benzene ring substituents is 1. The van der Waals surface area contributed by atoms with Crippen LogP contribution in [0.3, 0.4) is 0 Å². The van der Waals surface area contributed by atoms with Gasteiger partial charge in [0, 0.05) is 23.5 Å². The number of amides is 3. The molecule has 9 nitrogen and oxygen atoms in total. The summed E-state index contributed by atoms with van der Waals surface area (Å²) in [5, 5.41) is 19.1. The molecule has 0 aromatic heterocycles. The molecule has 3 aromatic carbocycles. The lowest BCUT2D eigenvalue weighted by atomic mass is 9.94. The van der Waals surface area contributed by atoms with Crippen LogP contribution in [-0.4, -0.2) is 16.9 Å². The highest BCUT2D eigenvalue weighted by Gasteiger charge is 2.31. The summed E-state index contributed by atoms with van der Waals surface area (Å²) in [5.74, 6) is 0.0938. The van der Waals surface area contributed by atoms with Crippen LogP contribution in [-0.2, 0) is 11.4 Å². The van der Waals surface area contributed by atoms with Crippen LogP contribution >= 0.6 is 0 Å². The number of carbonyl (C=O) groups is 2. The number of carbonyl (C=O) groups excluding carboxylic acids is 2. The van der Waals surface area contributed by atoms with Crippen LogP contribution in [0.2, 0.25) is 0 Å². The average Bonchev–Trinajstić information content (AvgIpc) is 2.83. The molecule has 0 fully saturated rings. The molecule has 34 heavy (non-hydrogen) atoms. The van der Waals surface area contributed by atoms with Gasteiger partial charge in [0.15, 0.2) is 0 Å². The molecule has 4 rings (SSSR count). The minimum atomic E-state index is -0.743. The van der Waals surface area contributed by atoms with Crippen LogP contribution in [0.25, 0.3) is 0 Å². The summed E-state index contributed by atoms with van der Waals surface area (Å²) in [6.07, 6.45) is 0. The Hall–Kier alpha value is -4.66. The molecule has 0 aliphatic carbocycles. The maximum Gasteiger partial charge on any atom is 0.319 e. The van der Waals surface area contributed by atoms with Gasteiger partial charge in [-0.05, 0) is 36.2 Å². The molecule has 0 saturated heterocycles. The van der Waals surface area contributed by atoms with Crippen LogP contribution in [0.1, 0.15) is 24.1 Å². The molecule has 9 heteroatoms. The Balaban J connectivity index is 1.58. The average molecular weight is 458 g/mol. The first kappa shape index (κ1) is 22.5. The number of urea groups is 1. The van der Waals surface area contributed by atoms with E-state index in [0.717, 1.165) is 5.56 Å². The van der Waals surface area contributed by atoms with E-state index in [9.17, 15) is 19.7 Å². The van der Waals surface area contributed by atoms with Gasteiger partial charge in [-0.1, -0.05) is 48.5 Å². The number of rotatable bonds is 7. The molecule has 1 aliphatic heterocycles. The van der Waals surface area contributed by atoms with Crippen molar-refractivity contribution < 1.29 is 19.2 Å². The van der Waals surface area contributed by atoms with Gasteiger partial charge in [-0.2, -0.15) is 0 Å². The number of anilines is 1. The fraction of sp³-hybridized carbons (Fsp3) is 0.120. The van der Waals surface area contributed by atoms with E-state index < -0.39 is 22.9 Å². The molecule has 0 saturated carbocycles. The number of hydrogen-bond acceptors (Lipinski definition) is 5. The van der Waals surface area contributed by atoms with Gasteiger partial charge < -0.3 is 20.7 Å². The summed E-state index contributed by atoms with van der Waals surface area (Å²) in [5.41, 5.74) is 2.46. The van der Waals surface area contributed by atoms with E-state index in [4.69, 9.17) is 4.74 Å². The summed E-state index contributed by atoms with van der Waals surface area (Å²) in [6.45, 7) is 2.00. The topological polar surface area (TPSA) is 123 Å². The Bertz CT molecular complexity index is 1270. The third-order valence-electron chi connectivity index (χ3n) is 5.27. The van der Waals surface area contributed by atoms with Crippen molar-refractivity contribution in [3.63, 3.8) is 0 Å². The number of nitro benzene ring substituents is 1. The largest absolute Gasteiger partial charge is 0.489 e. The molecule has 1 heterocycles. The van der Waals surface area contributed by atoms with Gasteiger partial charge in [0.2, 0.25) is 0 Å². The van der Waals surface area contributed by atoms with Crippen molar-refractivity contribution >= 4 is 23.3 Å². The number of nitro groups is 1. The lowest BCUT2D eigenvalue weighted by molar-refractivity contribution is -0.384. The molecule has 1 aliphatic rings. The van der Waals surface area contributed by atoms with Gasteiger partial charge in [0.05, 0.1) is 16.5 Å². The van der Waals surface area contributed by atoms with E-state index in [1.807, 2.05) is 30.3 Å². The molecule has 3 amide bonds. The second-order valence-electron chi connectivity index (χ2n) is 7.68. The van der Waals surface area contributed by atoms with Crippen molar-refractivity contribution in [2.24, 2.45) is 0 Å². The van der Waals surface area contributed by atoms with Crippen LogP contribution in [0.4, 0.5) is 16.2 Å². The predicted molar refractivity (Wildman–Crippen MR) is 126 cm³/mol. The minimum Gasteiger partial charge on any atom is -0.489 e. The van der Waals surface area contributed by atoms with Crippen molar-refractivity contribution in [1.29, 1.82) is 0 Å². The first-order valence-corrected chi connectivity index (χ1v) is 10.5. The Kier molecular flexibility index (Phi) is 6.54. The van der Waals surface area contributed by atoms with E-state index in [1.165, 1.54) is 18.2 Å². The van der Waals surface area contributed by atoms with Crippen molar-refractivity contribution in [2.75, 3.05) is 5.32 Å². The molecular weight excluding hydrogens is 436 g/mol. The predicted octanol–water partition coefficient (Wildman–Crippen LogP) is 4.44. The molecule has 3 aromatic rings. The summed E-state index contributed by atoms with van der Waals surface area (Å²) >= 11 is 0. The van der Waals surface area contributed by atoms with Crippen LogP contribution in [0.5, 0.6) is 5.75 Å². The summed E-state index contributed by atoms with van der Waals surface area (Å²) in [6, 6.07) is 21.3. The normalized spacial score (nSPS) is 15.2. The van der Waals surface area contributed by atoms with Gasteiger partial charge in [-0.25, -0.2) is 4.79 Å². The lowest BCUT2D eigenvalue weighted by Crippen LogP contribution is -2.45. The smallest absolute Gasteiger partial charge is 0.319 e. The lowest BCUT2D eigenvalue weighted by Gasteiger charge is -2.29. The summed E-state index contributed by atoms with van der Waals surface area (Å²) in [4.78, 5) is 35.9. The van der Waals surface area contributed by atoms with E-state index >= 15 is 0 Å². The Morgan fingerprint density at radius 3 is 2.59 bits per heavy atom. The molecule has 0 radical (unpaired) electrons. The van der Waals surface area contributed by atoms with Crippen molar-refractivity contribution in [3.05, 3.63) is 111 Å². The standard InChI is InChI=1S/C25H22N4O5/c1-16-22(24(30)27-19-10-6-11-20(14-19)29(32)33)23(28-25(31)26-16)18-9-5-12-21(13-18)34-15-17-7-3-2-4-8-17/h2-14,23H,15H2,1H3,(H,27,30)(H2,26,28,31)/t23-/m0/s1. The number of nitrogens with one attached hydrogen (secondary N) is 3. The Morgan fingerprint density at radius 1 is 1.06 bits per heavy atom. The first-order valence-electron chi connectivity index (χ1n) is 10.5. The van der Waals surface area contributed by atoms with Crippen LogP contribution < -0.4 is 20.7 Å². The monoisotopic (exact) mass is 458 g/mol. The van der Waals surface area contributed by atoms with Gasteiger partial charge in [-0.3, -0.25) is 14.9 Å². The van der Waals surface area contributed by atoms with Crippen molar-refractivity contribution in [3.8, 4) is 5.75 Å². The molecule has 0 spiro atoms. The molecule has 0 unspecified atom stereocenters.